The van der Waals surface area contributed by atoms with Crippen LogP contribution in [0, 0.1) is 0 Å². The minimum absolute atomic E-state index is 0.128. The van der Waals surface area contributed by atoms with Crippen LogP contribution in [-0.4, -0.2) is 25.1 Å². The van der Waals surface area contributed by atoms with Crippen molar-refractivity contribution in [1.29, 1.82) is 0 Å². The van der Waals surface area contributed by atoms with E-state index >= 15 is 0 Å². The van der Waals surface area contributed by atoms with E-state index in [4.69, 9.17) is 9.47 Å². The van der Waals surface area contributed by atoms with Crippen LogP contribution in [0.3, 0.4) is 0 Å². The highest BCUT2D eigenvalue weighted by molar-refractivity contribution is 5.98. The van der Waals surface area contributed by atoms with Crippen molar-refractivity contribution in [3.05, 3.63) is 53.1 Å². The van der Waals surface area contributed by atoms with Gasteiger partial charge in [0.25, 0.3) is 0 Å². The second-order valence-corrected chi connectivity index (χ2v) is 4.78. The molecule has 0 aromatic heterocycles. The second kappa shape index (κ2) is 6.80. The predicted molar refractivity (Wildman–Crippen MR) is 86.6 cm³/mol. The molecule has 0 aliphatic carbocycles. The average molecular weight is 298 g/mol. The number of benzene rings is 2. The fourth-order valence-electron chi connectivity index (χ4n) is 2.06. The number of ketones is 1. The summed E-state index contributed by atoms with van der Waals surface area (Å²) in [7, 11) is 3.08. The first-order valence-electron chi connectivity index (χ1n) is 6.79. The summed E-state index contributed by atoms with van der Waals surface area (Å²) in [6.45, 7) is 1.41. The summed E-state index contributed by atoms with van der Waals surface area (Å²) in [6, 6.07) is 10.9. The molecule has 0 aliphatic rings. The number of carbonyl (C=O) groups is 1. The van der Waals surface area contributed by atoms with Gasteiger partial charge in [0.2, 0.25) is 0 Å². The summed E-state index contributed by atoms with van der Waals surface area (Å²) in [5, 5.41) is 9.94. The van der Waals surface area contributed by atoms with Gasteiger partial charge in [-0.05, 0) is 42.3 Å². The predicted octanol–water partition coefficient (Wildman–Crippen LogP) is 3.78. The van der Waals surface area contributed by atoms with E-state index in [1.54, 1.807) is 19.2 Å². The monoisotopic (exact) mass is 298 g/mol. The van der Waals surface area contributed by atoms with E-state index in [2.05, 4.69) is 0 Å². The van der Waals surface area contributed by atoms with Gasteiger partial charge in [-0.3, -0.25) is 4.79 Å². The zero-order chi connectivity index (χ0) is 16.1. The van der Waals surface area contributed by atoms with Gasteiger partial charge in [0.1, 0.15) is 5.75 Å². The minimum Gasteiger partial charge on any atom is -0.504 e. The number of ether oxygens (including phenoxy) is 2. The molecule has 4 nitrogen and oxygen atoms in total. The van der Waals surface area contributed by atoms with Gasteiger partial charge in [-0.15, -0.1) is 0 Å². The minimum atomic E-state index is -0.213. The molecule has 0 saturated heterocycles. The molecular formula is C18H18O4. The number of phenols is 1. The van der Waals surface area contributed by atoms with E-state index < -0.39 is 0 Å². The molecule has 0 unspecified atom stereocenters. The van der Waals surface area contributed by atoms with Crippen molar-refractivity contribution in [2.24, 2.45) is 0 Å². The van der Waals surface area contributed by atoms with Crippen LogP contribution >= 0.6 is 0 Å². The van der Waals surface area contributed by atoms with Gasteiger partial charge in [-0.25, -0.2) is 0 Å². The highest BCUT2D eigenvalue weighted by Gasteiger charge is 2.13. The Bertz CT molecular complexity index is 700. The first-order chi connectivity index (χ1) is 10.5. The molecule has 0 amide bonds. The normalized spacial score (nSPS) is 10.7. The van der Waals surface area contributed by atoms with E-state index in [9.17, 15) is 9.90 Å². The molecule has 0 radical (unpaired) electrons. The van der Waals surface area contributed by atoms with Crippen LogP contribution in [0.5, 0.6) is 17.2 Å². The number of hydrogen-bond acceptors (Lipinski definition) is 4. The number of hydrogen-bond donors (Lipinski definition) is 1. The van der Waals surface area contributed by atoms with Crippen molar-refractivity contribution in [3.8, 4) is 17.2 Å². The lowest BCUT2D eigenvalue weighted by molar-refractivity contribution is 0.101. The molecule has 0 saturated carbocycles. The van der Waals surface area contributed by atoms with E-state index in [1.807, 2.05) is 36.4 Å². The van der Waals surface area contributed by atoms with Gasteiger partial charge < -0.3 is 14.6 Å². The fraction of sp³-hybridized carbons (Fsp3) is 0.167. The van der Waals surface area contributed by atoms with Crippen molar-refractivity contribution >= 4 is 17.9 Å². The molecule has 0 fully saturated rings. The van der Waals surface area contributed by atoms with Crippen LogP contribution in [0.4, 0.5) is 0 Å². The molecule has 22 heavy (non-hydrogen) atoms. The number of Topliss-reactive ketones (excluding diaryl/α,β-unsaturated/α-hetero) is 1. The third kappa shape index (κ3) is 3.47. The zero-order valence-corrected chi connectivity index (χ0v) is 12.8. The standard InChI is InChI=1S/C18H18O4/c1-12(19)16-10-14(11-17(22-3)18(16)20)5-4-13-6-8-15(21-2)9-7-13/h4-11,20H,1-3H3/b5-4+. The van der Waals surface area contributed by atoms with Crippen LogP contribution in [-0.2, 0) is 0 Å². The van der Waals surface area contributed by atoms with Crippen LogP contribution in [0.25, 0.3) is 12.2 Å². The molecule has 0 aliphatic heterocycles. The first-order valence-corrected chi connectivity index (χ1v) is 6.79. The number of methoxy groups -OCH3 is 2. The lowest BCUT2D eigenvalue weighted by Gasteiger charge is -2.08. The molecule has 1 N–H and O–H groups in total. The molecule has 114 valence electrons. The van der Waals surface area contributed by atoms with Gasteiger partial charge in [-0.1, -0.05) is 24.3 Å². The molecule has 0 atom stereocenters. The van der Waals surface area contributed by atoms with Gasteiger partial charge in [-0.2, -0.15) is 0 Å². The van der Waals surface area contributed by atoms with E-state index in [1.165, 1.54) is 14.0 Å². The highest BCUT2D eigenvalue weighted by atomic mass is 16.5. The third-order valence-corrected chi connectivity index (χ3v) is 3.28. The summed E-state index contributed by atoms with van der Waals surface area (Å²) in [6.07, 6.45) is 3.77. The number of phenolic OH excluding ortho intramolecular Hbond substituents is 1. The Kier molecular flexibility index (Phi) is 4.84. The Labute approximate surface area is 129 Å². The molecule has 0 heterocycles. The number of carbonyl (C=O) groups excluding carboxylic acids is 1. The summed E-state index contributed by atoms with van der Waals surface area (Å²) >= 11 is 0. The Morgan fingerprint density at radius 2 is 1.64 bits per heavy atom. The van der Waals surface area contributed by atoms with E-state index in [0.29, 0.717) is 0 Å². The van der Waals surface area contributed by atoms with E-state index in [-0.39, 0.29) is 22.8 Å². The summed E-state index contributed by atoms with van der Waals surface area (Å²) < 4.78 is 10.2. The zero-order valence-electron chi connectivity index (χ0n) is 12.8. The summed E-state index contributed by atoms with van der Waals surface area (Å²) in [5.41, 5.74) is 2.02. The quantitative estimate of drug-likeness (QED) is 0.674. The molecule has 0 bridgehead atoms. The van der Waals surface area contributed by atoms with Crippen molar-refractivity contribution in [2.75, 3.05) is 14.2 Å². The van der Waals surface area contributed by atoms with Crippen molar-refractivity contribution < 1.29 is 19.4 Å². The van der Waals surface area contributed by atoms with E-state index in [0.717, 1.165) is 16.9 Å². The second-order valence-electron chi connectivity index (χ2n) is 4.78. The SMILES string of the molecule is COc1ccc(/C=C/c2cc(OC)c(O)c(C(C)=O)c2)cc1. The fourth-order valence-corrected chi connectivity index (χ4v) is 2.06. The van der Waals surface area contributed by atoms with Crippen LogP contribution in [0.15, 0.2) is 36.4 Å². The Morgan fingerprint density at radius 3 is 2.18 bits per heavy atom. The topological polar surface area (TPSA) is 55.8 Å². The summed E-state index contributed by atoms with van der Waals surface area (Å²) in [4.78, 5) is 11.6. The number of aromatic hydroxyl groups is 1. The third-order valence-electron chi connectivity index (χ3n) is 3.28. The number of rotatable bonds is 5. The van der Waals surface area contributed by atoms with Crippen molar-refractivity contribution in [1.82, 2.24) is 0 Å². The molecule has 2 aromatic rings. The molecule has 0 spiro atoms. The Morgan fingerprint density at radius 1 is 1.00 bits per heavy atom. The maximum Gasteiger partial charge on any atom is 0.168 e. The lowest BCUT2D eigenvalue weighted by Crippen LogP contribution is -1.96. The Hall–Kier alpha value is -2.75. The highest BCUT2D eigenvalue weighted by Crippen LogP contribution is 2.32. The largest absolute Gasteiger partial charge is 0.504 e. The molecular weight excluding hydrogens is 280 g/mol. The smallest absolute Gasteiger partial charge is 0.168 e. The molecule has 2 rings (SSSR count). The van der Waals surface area contributed by atoms with Gasteiger partial charge in [0.05, 0.1) is 19.8 Å². The van der Waals surface area contributed by atoms with Gasteiger partial charge in [0, 0.05) is 0 Å². The summed E-state index contributed by atoms with van der Waals surface area (Å²) in [5.74, 6) is 0.733. The van der Waals surface area contributed by atoms with Crippen LogP contribution in [0.2, 0.25) is 0 Å². The van der Waals surface area contributed by atoms with Gasteiger partial charge in [0.15, 0.2) is 17.3 Å². The van der Waals surface area contributed by atoms with Crippen molar-refractivity contribution in [2.45, 2.75) is 6.92 Å². The maximum atomic E-state index is 11.6. The Balaban J connectivity index is 2.33. The van der Waals surface area contributed by atoms with Crippen LogP contribution < -0.4 is 9.47 Å². The molecule has 2 aromatic carbocycles. The first kappa shape index (κ1) is 15.6. The van der Waals surface area contributed by atoms with Gasteiger partial charge >= 0.3 is 0 Å². The maximum absolute atomic E-state index is 11.6. The molecule has 4 heteroatoms. The average Bonchev–Trinajstić information content (AvgIpc) is 2.54. The lowest BCUT2D eigenvalue weighted by atomic mass is 10.0. The van der Waals surface area contributed by atoms with Crippen molar-refractivity contribution in [3.63, 3.8) is 0 Å². The van der Waals surface area contributed by atoms with Crippen LogP contribution in [0.1, 0.15) is 28.4 Å².